The van der Waals surface area contributed by atoms with Gasteiger partial charge in [-0.2, -0.15) is 0 Å². The Morgan fingerprint density at radius 1 is 1.25 bits per heavy atom. The van der Waals surface area contributed by atoms with E-state index in [2.05, 4.69) is 6.92 Å². The van der Waals surface area contributed by atoms with Crippen LogP contribution in [0.3, 0.4) is 0 Å². The second-order valence-electron chi connectivity index (χ2n) is 5.50. The van der Waals surface area contributed by atoms with E-state index in [-0.39, 0.29) is 18.2 Å². The summed E-state index contributed by atoms with van der Waals surface area (Å²) in [6.07, 6.45) is 12.0. The summed E-state index contributed by atoms with van der Waals surface area (Å²) in [5.74, 6) is 0.0613. The molecule has 116 valence electrons. The van der Waals surface area contributed by atoms with E-state index < -0.39 is 0 Å². The maximum atomic E-state index is 11.0. The maximum Gasteiger partial charge on any atom is 0.302 e. The van der Waals surface area contributed by atoms with Crippen LogP contribution in [0.1, 0.15) is 59.8 Å². The van der Waals surface area contributed by atoms with Gasteiger partial charge >= 0.3 is 5.97 Å². The molecule has 0 aliphatic heterocycles. The first kappa shape index (κ1) is 18.9. The van der Waals surface area contributed by atoms with Gasteiger partial charge in [-0.05, 0) is 12.3 Å². The normalized spacial score (nSPS) is 15.1. The molecule has 0 radical (unpaired) electrons. The zero-order valence-electron chi connectivity index (χ0n) is 13.3. The first-order valence-corrected chi connectivity index (χ1v) is 7.66. The molecule has 20 heavy (non-hydrogen) atoms. The third-order valence-electron chi connectivity index (χ3n) is 3.11. The van der Waals surface area contributed by atoms with Gasteiger partial charge in [-0.25, -0.2) is 0 Å². The van der Waals surface area contributed by atoms with E-state index in [0.29, 0.717) is 12.3 Å². The van der Waals surface area contributed by atoms with Crippen LogP contribution in [0.5, 0.6) is 0 Å². The molecule has 0 aromatic rings. The van der Waals surface area contributed by atoms with Gasteiger partial charge in [0.05, 0.1) is 6.10 Å². The number of carbonyl (C=O) groups excluding carboxylic acids is 1. The number of hydrogen-bond donors (Lipinski definition) is 1. The van der Waals surface area contributed by atoms with Gasteiger partial charge in [-0.3, -0.25) is 4.79 Å². The van der Waals surface area contributed by atoms with E-state index in [0.717, 1.165) is 12.8 Å². The highest BCUT2D eigenvalue weighted by atomic mass is 16.5. The van der Waals surface area contributed by atoms with Crippen molar-refractivity contribution in [2.75, 3.05) is 0 Å². The molecule has 0 amide bonds. The van der Waals surface area contributed by atoms with Crippen molar-refractivity contribution in [3.05, 3.63) is 24.3 Å². The van der Waals surface area contributed by atoms with Crippen molar-refractivity contribution in [1.82, 2.24) is 0 Å². The Kier molecular flexibility index (Phi) is 11.1. The summed E-state index contributed by atoms with van der Waals surface area (Å²) in [5, 5.41) is 9.70. The van der Waals surface area contributed by atoms with Gasteiger partial charge in [0.1, 0.15) is 6.10 Å². The molecule has 0 heterocycles. The Hall–Kier alpha value is -1.09. The van der Waals surface area contributed by atoms with Crippen LogP contribution in [0.2, 0.25) is 0 Å². The van der Waals surface area contributed by atoms with Crippen LogP contribution >= 0.6 is 0 Å². The Bertz CT molecular complexity index is 305. The first-order chi connectivity index (χ1) is 9.47. The number of rotatable bonds is 10. The third-order valence-corrected chi connectivity index (χ3v) is 3.11. The lowest BCUT2D eigenvalue weighted by molar-refractivity contribution is -0.148. The molecule has 1 N–H and O–H groups in total. The lowest BCUT2D eigenvalue weighted by Gasteiger charge is -2.18. The van der Waals surface area contributed by atoms with Crippen LogP contribution in [0.15, 0.2) is 24.3 Å². The predicted octanol–water partition coefficient (Wildman–Crippen LogP) is 4.02. The molecule has 0 bridgehead atoms. The molecule has 0 aromatic heterocycles. The number of ether oxygens (including phenoxy) is 1. The summed E-state index contributed by atoms with van der Waals surface area (Å²) in [6, 6.07) is 0. The number of aliphatic hydroxyl groups is 1. The van der Waals surface area contributed by atoms with E-state index in [4.69, 9.17) is 4.74 Å². The molecule has 0 aromatic carbocycles. The lowest BCUT2D eigenvalue weighted by Crippen LogP contribution is -2.21. The Labute approximate surface area is 123 Å². The molecule has 0 spiro atoms. The van der Waals surface area contributed by atoms with Crippen LogP contribution < -0.4 is 0 Å². The molecule has 0 unspecified atom stereocenters. The number of hydrogen-bond acceptors (Lipinski definition) is 3. The minimum atomic E-state index is -0.361. The highest BCUT2D eigenvalue weighted by Crippen LogP contribution is 2.12. The average Bonchev–Trinajstić information content (AvgIpc) is 2.36. The molecule has 0 fully saturated rings. The topological polar surface area (TPSA) is 46.5 Å². The van der Waals surface area contributed by atoms with Crippen LogP contribution in [-0.2, 0) is 9.53 Å². The van der Waals surface area contributed by atoms with Gasteiger partial charge in [0.25, 0.3) is 0 Å². The SMILES string of the molecule is CCCCC[C@@H](O)/C=C\C=C\C[C@@H](OC(C)=O)C(C)C. The molecule has 0 aliphatic rings. The van der Waals surface area contributed by atoms with E-state index in [1.165, 1.54) is 19.8 Å². The average molecular weight is 282 g/mol. The largest absolute Gasteiger partial charge is 0.462 e. The molecular weight excluding hydrogens is 252 g/mol. The molecule has 2 atom stereocenters. The quantitative estimate of drug-likeness (QED) is 0.374. The summed E-state index contributed by atoms with van der Waals surface area (Å²) >= 11 is 0. The lowest BCUT2D eigenvalue weighted by atomic mass is 10.0. The molecule has 3 heteroatoms. The third kappa shape index (κ3) is 10.8. The van der Waals surface area contributed by atoms with Crippen molar-refractivity contribution in [2.24, 2.45) is 5.92 Å². The molecule has 0 aliphatic carbocycles. The van der Waals surface area contributed by atoms with Crippen molar-refractivity contribution in [1.29, 1.82) is 0 Å². The van der Waals surface area contributed by atoms with Crippen molar-refractivity contribution in [3.8, 4) is 0 Å². The van der Waals surface area contributed by atoms with Crippen LogP contribution in [0, 0.1) is 5.92 Å². The zero-order valence-corrected chi connectivity index (χ0v) is 13.3. The fourth-order valence-electron chi connectivity index (χ4n) is 1.85. The molecular formula is C17H30O3. The van der Waals surface area contributed by atoms with Crippen molar-refractivity contribution < 1.29 is 14.6 Å². The van der Waals surface area contributed by atoms with Gasteiger partial charge in [0.15, 0.2) is 0 Å². The van der Waals surface area contributed by atoms with Gasteiger partial charge in [0.2, 0.25) is 0 Å². The number of carbonyl (C=O) groups is 1. The minimum Gasteiger partial charge on any atom is -0.462 e. The van der Waals surface area contributed by atoms with Gasteiger partial charge in [0, 0.05) is 13.3 Å². The summed E-state index contributed by atoms with van der Waals surface area (Å²) in [7, 11) is 0. The fraction of sp³-hybridized carbons (Fsp3) is 0.706. The Balaban J connectivity index is 4.00. The number of esters is 1. The second kappa shape index (κ2) is 11.7. The molecule has 0 saturated heterocycles. The van der Waals surface area contributed by atoms with E-state index in [1.54, 1.807) is 0 Å². The smallest absolute Gasteiger partial charge is 0.302 e. The zero-order chi connectivity index (χ0) is 15.4. The standard InChI is InChI=1S/C17H30O3/c1-5-6-8-11-16(19)12-9-7-10-13-17(14(2)3)20-15(4)18/h7,9-10,12,14,16-17,19H,5-6,8,11,13H2,1-4H3/b10-7+,12-9-/t16-,17-/m1/s1. The predicted molar refractivity (Wildman–Crippen MR) is 83.4 cm³/mol. The Morgan fingerprint density at radius 3 is 2.50 bits per heavy atom. The van der Waals surface area contributed by atoms with Gasteiger partial charge < -0.3 is 9.84 Å². The molecule has 3 nitrogen and oxygen atoms in total. The maximum absolute atomic E-state index is 11.0. The monoisotopic (exact) mass is 282 g/mol. The molecule has 0 rings (SSSR count). The van der Waals surface area contributed by atoms with E-state index in [1.807, 2.05) is 38.2 Å². The second-order valence-corrected chi connectivity index (χ2v) is 5.50. The van der Waals surface area contributed by atoms with Gasteiger partial charge in [-0.1, -0.05) is 64.3 Å². The number of aliphatic hydroxyl groups excluding tert-OH is 1. The van der Waals surface area contributed by atoms with Crippen molar-refractivity contribution in [2.45, 2.75) is 72.0 Å². The highest BCUT2D eigenvalue weighted by Gasteiger charge is 2.14. The summed E-state index contributed by atoms with van der Waals surface area (Å²) < 4.78 is 5.24. The summed E-state index contributed by atoms with van der Waals surface area (Å²) in [4.78, 5) is 11.0. The van der Waals surface area contributed by atoms with Crippen LogP contribution in [0.4, 0.5) is 0 Å². The van der Waals surface area contributed by atoms with Crippen LogP contribution in [0.25, 0.3) is 0 Å². The van der Waals surface area contributed by atoms with E-state index >= 15 is 0 Å². The highest BCUT2D eigenvalue weighted by molar-refractivity contribution is 5.66. The first-order valence-electron chi connectivity index (χ1n) is 7.66. The number of unbranched alkanes of at least 4 members (excludes halogenated alkanes) is 2. The molecule has 0 saturated carbocycles. The Morgan fingerprint density at radius 2 is 1.95 bits per heavy atom. The van der Waals surface area contributed by atoms with E-state index in [9.17, 15) is 9.90 Å². The van der Waals surface area contributed by atoms with Crippen molar-refractivity contribution >= 4 is 5.97 Å². The van der Waals surface area contributed by atoms with Crippen LogP contribution in [-0.4, -0.2) is 23.3 Å². The van der Waals surface area contributed by atoms with Gasteiger partial charge in [-0.15, -0.1) is 0 Å². The summed E-state index contributed by atoms with van der Waals surface area (Å²) in [6.45, 7) is 7.66. The fourth-order valence-corrected chi connectivity index (χ4v) is 1.85. The summed E-state index contributed by atoms with van der Waals surface area (Å²) in [5.41, 5.74) is 0. The number of allylic oxidation sites excluding steroid dienone is 2. The minimum absolute atomic E-state index is 0.0772. The van der Waals surface area contributed by atoms with Crippen molar-refractivity contribution in [3.63, 3.8) is 0 Å².